The van der Waals surface area contributed by atoms with Crippen molar-refractivity contribution in [1.82, 2.24) is 5.32 Å². The quantitative estimate of drug-likeness (QED) is 0.695. The molecule has 22 heavy (non-hydrogen) atoms. The molecule has 1 aliphatic carbocycles. The van der Waals surface area contributed by atoms with E-state index in [9.17, 15) is 9.59 Å². The molecule has 126 valence electrons. The monoisotopic (exact) mass is 312 g/mol. The Balaban J connectivity index is 2.99. The molecule has 0 aliphatic heterocycles. The third kappa shape index (κ3) is 5.02. The van der Waals surface area contributed by atoms with Gasteiger partial charge in [-0.1, -0.05) is 13.8 Å². The fourth-order valence-corrected chi connectivity index (χ4v) is 2.58. The molecule has 0 saturated carbocycles. The van der Waals surface area contributed by atoms with Crippen LogP contribution in [-0.4, -0.2) is 36.7 Å². The predicted molar refractivity (Wildman–Crippen MR) is 83.9 cm³/mol. The standard InChI is InChI=1S/C16H28N2O4/c1-5-12(6-2)22-14-9-11(16(20)21-7-3)8-13(17)15(14)18-10(4)19/h9,11-13,15H,5-8,17H2,1-4H3,(H,18,19)/t11?,13?,15-/m1/s1. The van der Waals surface area contributed by atoms with Gasteiger partial charge < -0.3 is 20.5 Å². The molecule has 0 aromatic carbocycles. The Hall–Kier alpha value is -1.56. The number of nitrogens with two attached hydrogens (primary N) is 1. The largest absolute Gasteiger partial charge is 0.493 e. The van der Waals surface area contributed by atoms with Crippen LogP contribution >= 0.6 is 0 Å². The highest BCUT2D eigenvalue weighted by molar-refractivity contribution is 5.76. The summed E-state index contributed by atoms with van der Waals surface area (Å²) in [4.78, 5) is 23.4. The van der Waals surface area contributed by atoms with Crippen LogP contribution in [0.25, 0.3) is 0 Å². The van der Waals surface area contributed by atoms with Gasteiger partial charge in [0, 0.05) is 13.0 Å². The highest BCUT2D eigenvalue weighted by Gasteiger charge is 2.35. The van der Waals surface area contributed by atoms with Crippen molar-refractivity contribution < 1.29 is 19.1 Å². The second-order valence-electron chi connectivity index (χ2n) is 5.56. The van der Waals surface area contributed by atoms with E-state index >= 15 is 0 Å². The fourth-order valence-electron chi connectivity index (χ4n) is 2.58. The number of esters is 1. The van der Waals surface area contributed by atoms with Crippen molar-refractivity contribution in [2.45, 2.75) is 65.1 Å². The van der Waals surface area contributed by atoms with E-state index in [1.807, 2.05) is 13.8 Å². The molecule has 6 heteroatoms. The topological polar surface area (TPSA) is 90.6 Å². The van der Waals surface area contributed by atoms with Crippen LogP contribution in [0.4, 0.5) is 0 Å². The second-order valence-corrected chi connectivity index (χ2v) is 5.56. The van der Waals surface area contributed by atoms with E-state index in [1.54, 1.807) is 13.0 Å². The summed E-state index contributed by atoms with van der Waals surface area (Å²) < 4.78 is 11.1. The smallest absolute Gasteiger partial charge is 0.312 e. The maximum atomic E-state index is 12.0. The summed E-state index contributed by atoms with van der Waals surface area (Å²) in [6.45, 7) is 7.61. The Morgan fingerprint density at radius 1 is 1.36 bits per heavy atom. The molecule has 1 amide bonds. The molecule has 2 unspecified atom stereocenters. The summed E-state index contributed by atoms with van der Waals surface area (Å²) in [7, 11) is 0. The Morgan fingerprint density at radius 2 is 2.00 bits per heavy atom. The summed E-state index contributed by atoms with van der Waals surface area (Å²) in [6, 6.07) is -0.781. The van der Waals surface area contributed by atoms with Gasteiger partial charge in [-0.05, 0) is 32.3 Å². The third-order valence-corrected chi connectivity index (χ3v) is 3.79. The summed E-state index contributed by atoms with van der Waals surface area (Å²) >= 11 is 0. The molecular weight excluding hydrogens is 284 g/mol. The number of hydrogen-bond acceptors (Lipinski definition) is 5. The normalized spacial score (nSPS) is 24.6. The number of carbonyl (C=O) groups excluding carboxylic acids is 2. The van der Waals surface area contributed by atoms with Gasteiger partial charge in [-0.25, -0.2) is 0 Å². The van der Waals surface area contributed by atoms with E-state index in [0.29, 0.717) is 18.8 Å². The van der Waals surface area contributed by atoms with Crippen LogP contribution in [0.15, 0.2) is 11.8 Å². The van der Waals surface area contributed by atoms with Gasteiger partial charge in [0.1, 0.15) is 11.8 Å². The molecule has 0 aromatic rings. The van der Waals surface area contributed by atoms with E-state index < -0.39 is 12.0 Å². The van der Waals surface area contributed by atoms with Gasteiger partial charge in [0.15, 0.2) is 0 Å². The van der Waals surface area contributed by atoms with Gasteiger partial charge in [-0.2, -0.15) is 0 Å². The van der Waals surface area contributed by atoms with Crippen LogP contribution in [0.2, 0.25) is 0 Å². The first-order valence-corrected chi connectivity index (χ1v) is 8.00. The maximum Gasteiger partial charge on any atom is 0.312 e. The van der Waals surface area contributed by atoms with E-state index in [-0.39, 0.29) is 24.0 Å². The Labute approximate surface area is 132 Å². The van der Waals surface area contributed by atoms with E-state index in [2.05, 4.69) is 5.32 Å². The molecule has 0 bridgehead atoms. The molecule has 1 rings (SSSR count). The average Bonchev–Trinajstić information content (AvgIpc) is 2.47. The van der Waals surface area contributed by atoms with E-state index in [0.717, 1.165) is 12.8 Å². The number of ether oxygens (including phenoxy) is 2. The van der Waals surface area contributed by atoms with Gasteiger partial charge in [0.05, 0.1) is 18.6 Å². The highest BCUT2D eigenvalue weighted by Crippen LogP contribution is 2.27. The minimum absolute atomic E-state index is 0.0376. The molecule has 3 N–H and O–H groups in total. The summed E-state index contributed by atoms with van der Waals surface area (Å²) in [5, 5.41) is 2.82. The molecule has 0 heterocycles. The van der Waals surface area contributed by atoms with Gasteiger partial charge in [0.25, 0.3) is 0 Å². The van der Waals surface area contributed by atoms with Crippen LogP contribution < -0.4 is 11.1 Å². The number of carbonyl (C=O) groups is 2. The molecule has 0 fully saturated rings. The second kappa shape index (κ2) is 8.78. The molecule has 3 atom stereocenters. The third-order valence-electron chi connectivity index (χ3n) is 3.79. The van der Waals surface area contributed by atoms with Crippen molar-refractivity contribution in [2.24, 2.45) is 11.7 Å². The number of nitrogens with one attached hydrogen (secondary N) is 1. The first-order valence-electron chi connectivity index (χ1n) is 8.00. The number of amides is 1. The van der Waals surface area contributed by atoms with Crippen LogP contribution in [0.3, 0.4) is 0 Å². The van der Waals surface area contributed by atoms with Gasteiger partial charge in [-0.15, -0.1) is 0 Å². The van der Waals surface area contributed by atoms with Crippen molar-refractivity contribution in [3.05, 3.63) is 11.8 Å². The van der Waals surface area contributed by atoms with Crippen molar-refractivity contribution >= 4 is 11.9 Å². The lowest BCUT2D eigenvalue weighted by Gasteiger charge is -2.34. The van der Waals surface area contributed by atoms with Crippen molar-refractivity contribution in [3.8, 4) is 0 Å². The van der Waals surface area contributed by atoms with Crippen molar-refractivity contribution in [2.75, 3.05) is 6.61 Å². The lowest BCUT2D eigenvalue weighted by Crippen LogP contribution is -2.52. The Morgan fingerprint density at radius 3 is 2.50 bits per heavy atom. The lowest BCUT2D eigenvalue weighted by molar-refractivity contribution is -0.147. The van der Waals surface area contributed by atoms with Gasteiger partial charge in [0.2, 0.25) is 5.91 Å². The first-order chi connectivity index (χ1) is 10.4. The predicted octanol–water partition coefficient (Wildman–Crippen LogP) is 1.49. The molecule has 6 nitrogen and oxygen atoms in total. The molecule has 0 saturated heterocycles. The minimum atomic E-state index is -0.427. The van der Waals surface area contributed by atoms with E-state index in [4.69, 9.17) is 15.2 Å². The molecule has 0 aromatic heterocycles. The summed E-state index contributed by atoms with van der Waals surface area (Å²) in [5.74, 6) is -0.330. The Bertz CT molecular complexity index is 418. The average molecular weight is 312 g/mol. The number of rotatable bonds is 7. The van der Waals surface area contributed by atoms with Crippen LogP contribution in [-0.2, 0) is 19.1 Å². The zero-order valence-electron chi connectivity index (χ0n) is 13.9. The van der Waals surface area contributed by atoms with Crippen molar-refractivity contribution in [1.29, 1.82) is 0 Å². The van der Waals surface area contributed by atoms with Crippen LogP contribution in [0.1, 0.15) is 47.0 Å². The molecule has 1 aliphatic rings. The van der Waals surface area contributed by atoms with Gasteiger partial charge >= 0.3 is 5.97 Å². The molecule has 0 spiro atoms. The van der Waals surface area contributed by atoms with Crippen molar-refractivity contribution in [3.63, 3.8) is 0 Å². The summed E-state index contributed by atoms with van der Waals surface area (Å²) in [5.41, 5.74) is 6.16. The Kier molecular flexibility index (Phi) is 7.38. The molecular formula is C16H28N2O4. The maximum absolute atomic E-state index is 12.0. The van der Waals surface area contributed by atoms with E-state index in [1.165, 1.54) is 6.92 Å². The first kappa shape index (κ1) is 18.5. The zero-order chi connectivity index (χ0) is 16.7. The van der Waals surface area contributed by atoms with Crippen LogP contribution in [0.5, 0.6) is 0 Å². The minimum Gasteiger partial charge on any atom is -0.493 e. The SMILES string of the molecule is CCOC(=O)C1C=C(OC(CC)CC)[C@H](NC(C)=O)C(N)C1. The number of hydrogen-bond donors (Lipinski definition) is 2. The fraction of sp³-hybridized carbons (Fsp3) is 0.750. The zero-order valence-corrected chi connectivity index (χ0v) is 13.9. The highest BCUT2D eigenvalue weighted by atomic mass is 16.5. The van der Waals surface area contributed by atoms with Gasteiger partial charge in [-0.3, -0.25) is 9.59 Å². The molecule has 0 radical (unpaired) electrons. The van der Waals surface area contributed by atoms with Crippen LogP contribution in [0, 0.1) is 5.92 Å². The summed E-state index contributed by atoms with van der Waals surface area (Å²) in [6.07, 6.45) is 3.91. The lowest BCUT2D eigenvalue weighted by atomic mass is 9.87.